The normalized spacial score (nSPS) is 23.4. The molecule has 3 nitrogen and oxygen atoms in total. The molecule has 0 bridgehead atoms. The van der Waals surface area contributed by atoms with E-state index in [2.05, 4.69) is 10.3 Å². The molecular weight excluding hydrogens is 267 g/mol. The second kappa shape index (κ2) is 5.89. The van der Waals surface area contributed by atoms with Crippen LogP contribution in [0.25, 0.3) is 0 Å². The molecule has 0 aromatic carbocycles. The van der Waals surface area contributed by atoms with E-state index in [9.17, 15) is 13.2 Å². The maximum absolute atomic E-state index is 12.7. The Morgan fingerprint density at radius 1 is 1.25 bits per heavy atom. The first-order valence-electron chi connectivity index (χ1n) is 6.83. The molecule has 0 amide bonds. The van der Waals surface area contributed by atoms with Gasteiger partial charge in [0.1, 0.15) is 5.82 Å². The average Bonchev–Trinajstić information content (AvgIpc) is 2.38. The molecule has 0 saturated heterocycles. The molecule has 2 unspecified atom stereocenters. The fourth-order valence-corrected chi connectivity index (χ4v) is 2.59. The molecule has 1 aliphatic carbocycles. The maximum Gasteiger partial charge on any atom is 0.391 e. The molecule has 1 heterocycles. The van der Waals surface area contributed by atoms with Gasteiger partial charge in [-0.2, -0.15) is 13.2 Å². The van der Waals surface area contributed by atoms with Crippen molar-refractivity contribution in [2.45, 2.75) is 37.9 Å². The van der Waals surface area contributed by atoms with Gasteiger partial charge >= 0.3 is 6.18 Å². The number of rotatable bonds is 3. The number of anilines is 2. The van der Waals surface area contributed by atoms with E-state index in [0.717, 1.165) is 17.9 Å². The van der Waals surface area contributed by atoms with Crippen molar-refractivity contribution in [3.63, 3.8) is 0 Å². The van der Waals surface area contributed by atoms with Gasteiger partial charge in [-0.3, -0.25) is 0 Å². The predicted molar refractivity (Wildman–Crippen MR) is 74.0 cm³/mol. The van der Waals surface area contributed by atoms with Crippen LogP contribution in [0.1, 0.15) is 25.7 Å². The predicted octanol–water partition coefficient (Wildman–Crippen LogP) is 3.68. The summed E-state index contributed by atoms with van der Waals surface area (Å²) in [6, 6.07) is 3.59. The lowest BCUT2D eigenvalue weighted by molar-refractivity contribution is -0.182. The summed E-state index contributed by atoms with van der Waals surface area (Å²) in [6.07, 6.45) is -0.606. The highest BCUT2D eigenvalue weighted by atomic mass is 19.4. The van der Waals surface area contributed by atoms with E-state index in [0.29, 0.717) is 6.42 Å². The van der Waals surface area contributed by atoms with E-state index in [1.54, 1.807) is 6.20 Å². The van der Waals surface area contributed by atoms with Crippen LogP contribution in [-0.2, 0) is 0 Å². The molecule has 6 heteroatoms. The van der Waals surface area contributed by atoms with E-state index in [4.69, 9.17) is 0 Å². The van der Waals surface area contributed by atoms with E-state index >= 15 is 0 Å². The van der Waals surface area contributed by atoms with Gasteiger partial charge in [0, 0.05) is 20.1 Å². The summed E-state index contributed by atoms with van der Waals surface area (Å²) in [5, 5.41) is 3.17. The second-order valence-corrected chi connectivity index (χ2v) is 5.55. The molecule has 1 saturated carbocycles. The minimum absolute atomic E-state index is 0.123. The summed E-state index contributed by atoms with van der Waals surface area (Å²) >= 11 is 0. The Morgan fingerprint density at radius 3 is 2.55 bits per heavy atom. The Kier molecular flexibility index (Phi) is 4.40. The number of hydrogen-bond acceptors (Lipinski definition) is 3. The first kappa shape index (κ1) is 14.9. The average molecular weight is 287 g/mol. The summed E-state index contributed by atoms with van der Waals surface area (Å²) in [5.74, 6) is -0.352. The van der Waals surface area contributed by atoms with Gasteiger partial charge in [-0.05, 0) is 31.4 Å². The highest BCUT2D eigenvalue weighted by Gasteiger charge is 2.42. The summed E-state index contributed by atoms with van der Waals surface area (Å²) in [6.45, 7) is 0. The molecule has 112 valence electrons. The zero-order chi connectivity index (χ0) is 14.8. The number of nitrogens with one attached hydrogen (secondary N) is 1. The number of aromatic nitrogens is 1. The Bertz CT molecular complexity index is 428. The summed E-state index contributed by atoms with van der Waals surface area (Å²) in [5.41, 5.74) is 0.781. The summed E-state index contributed by atoms with van der Waals surface area (Å²) in [7, 11) is 3.79. The number of hydrogen-bond donors (Lipinski definition) is 1. The van der Waals surface area contributed by atoms with Crippen molar-refractivity contribution in [1.82, 2.24) is 4.98 Å². The van der Waals surface area contributed by atoms with E-state index in [1.165, 1.54) is 0 Å². The van der Waals surface area contributed by atoms with Crippen molar-refractivity contribution in [3.05, 3.63) is 18.3 Å². The number of pyridine rings is 1. The van der Waals surface area contributed by atoms with Gasteiger partial charge in [0.15, 0.2) is 0 Å². The molecule has 1 aromatic rings. The van der Waals surface area contributed by atoms with Crippen molar-refractivity contribution in [3.8, 4) is 0 Å². The van der Waals surface area contributed by atoms with Crippen molar-refractivity contribution in [1.29, 1.82) is 0 Å². The Labute approximate surface area is 117 Å². The van der Waals surface area contributed by atoms with Gasteiger partial charge in [-0.25, -0.2) is 4.98 Å². The third-order valence-electron chi connectivity index (χ3n) is 3.71. The van der Waals surface area contributed by atoms with Crippen LogP contribution in [0.15, 0.2) is 18.3 Å². The molecule has 1 aliphatic rings. The van der Waals surface area contributed by atoms with Crippen molar-refractivity contribution >= 4 is 11.5 Å². The van der Waals surface area contributed by atoms with Crippen LogP contribution in [0.4, 0.5) is 24.7 Å². The zero-order valence-electron chi connectivity index (χ0n) is 11.7. The van der Waals surface area contributed by atoms with Gasteiger partial charge in [0.05, 0.1) is 17.8 Å². The third kappa shape index (κ3) is 3.77. The maximum atomic E-state index is 12.7. The topological polar surface area (TPSA) is 28.2 Å². The molecule has 0 radical (unpaired) electrons. The lowest BCUT2D eigenvalue weighted by Gasteiger charge is -2.31. The molecule has 0 spiro atoms. The monoisotopic (exact) mass is 287 g/mol. The van der Waals surface area contributed by atoms with Gasteiger partial charge in [0.2, 0.25) is 0 Å². The lowest BCUT2D eigenvalue weighted by atomic mass is 9.85. The quantitative estimate of drug-likeness (QED) is 0.919. The smallest absolute Gasteiger partial charge is 0.381 e. The van der Waals surface area contributed by atoms with Crippen LogP contribution in [0.2, 0.25) is 0 Å². The van der Waals surface area contributed by atoms with Crippen molar-refractivity contribution < 1.29 is 13.2 Å². The second-order valence-electron chi connectivity index (χ2n) is 5.55. The standard InChI is InChI=1S/C14H20F3N3/c1-20(2)13-7-6-12(9-18-13)19-11-5-3-4-10(8-11)14(15,16)17/h6-7,9-11,19H,3-5,8H2,1-2H3. The third-order valence-corrected chi connectivity index (χ3v) is 3.71. The van der Waals surface area contributed by atoms with Crippen LogP contribution in [0.5, 0.6) is 0 Å². The molecular formula is C14H20F3N3. The Balaban J connectivity index is 1.96. The van der Waals surface area contributed by atoms with Crippen LogP contribution in [0, 0.1) is 5.92 Å². The van der Waals surface area contributed by atoms with Crippen LogP contribution in [-0.4, -0.2) is 31.3 Å². The minimum atomic E-state index is -4.08. The lowest BCUT2D eigenvalue weighted by Crippen LogP contribution is -2.34. The summed E-state index contributed by atoms with van der Waals surface area (Å²) < 4.78 is 38.2. The van der Waals surface area contributed by atoms with Gasteiger partial charge in [0.25, 0.3) is 0 Å². The molecule has 0 aliphatic heterocycles. The first-order chi connectivity index (χ1) is 9.36. The van der Waals surface area contributed by atoms with Crippen LogP contribution in [0.3, 0.4) is 0 Å². The Hall–Kier alpha value is -1.46. The van der Waals surface area contributed by atoms with Gasteiger partial charge in [-0.15, -0.1) is 0 Å². The molecule has 20 heavy (non-hydrogen) atoms. The largest absolute Gasteiger partial charge is 0.391 e. The number of nitrogens with zero attached hydrogens (tertiary/aromatic N) is 2. The van der Waals surface area contributed by atoms with Gasteiger partial charge < -0.3 is 10.2 Å². The first-order valence-corrected chi connectivity index (χ1v) is 6.83. The fraction of sp³-hybridized carbons (Fsp3) is 0.643. The summed E-state index contributed by atoms with van der Waals surface area (Å²) in [4.78, 5) is 6.13. The molecule has 1 aromatic heterocycles. The van der Waals surface area contributed by atoms with E-state index in [1.807, 2.05) is 31.1 Å². The molecule has 1 N–H and O–H groups in total. The Morgan fingerprint density at radius 2 is 2.00 bits per heavy atom. The molecule has 2 atom stereocenters. The number of halogens is 3. The van der Waals surface area contributed by atoms with Gasteiger partial charge in [-0.1, -0.05) is 6.42 Å². The fourth-order valence-electron chi connectivity index (χ4n) is 2.59. The van der Waals surface area contributed by atoms with E-state index < -0.39 is 12.1 Å². The van der Waals surface area contributed by atoms with Crippen molar-refractivity contribution in [2.75, 3.05) is 24.3 Å². The van der Waals surface area contributed by atoms with E-state index in [-0.39, 0.29) is 18.9 Å². The van der Waals surface area contributed by atoms with Crippen molar-refractivity contribution in [2.24, 2.45) is 5.92 Å². The van der Waals surface area contributed by atoms with Crippen LogP contribution >= 0.6 is 0 Å². The SMILES string of the molecule is CN(C)c1ccc(NC2CCCC(C(F)(F)F)C2)cn1. The molecule has 2 rings (SSSR count). The number of alkyl halides is 3. The van der Waals surface area contributed by atoms with Crippen LogP contribution < -0.4 is 10.2 Å². The molecule has 1 fully saturated rings. The highest BCUT2D eigenvalue weighted by Crippen LogP contribution is 2.38. The zero-order valence-corrected chi connectivity index (χ0v) is 11.7. The minimum Gasteiger partial charge on any atom is -0.381 e. The highest BCUT2D eigenvalue weighted by molar-refractivity contribution is 5.48.